The molecule has 0 aliphatic heterocycles. The number of hydrogen-bond donors (Lipinski definition) is 0. The standard InChI is InChI=1S/C12H18O2/c1-5-10(2)7-6-8-11(3)9-14-12(4)13/h5,8H,1-2,6-7,9H2,3-4H3/b11-8-. The summed E-state index contributed by atoms with van der Waals surface area (Å²) in [6, 6.07) is 0. The van der Waals surface area contributed by atoms with E-state index in [1.165, 1.54) is 6.92 Å². The van der Waals surface area contributed by atoms with Gasteiger partial charge in [-0.1, -0.05) is 30.9 Å². The largest absolute Gasteiger partial charge is 0.461 e. The molecule has 0 rings (SSSR count). The van der Waals surface area contributed by atoms with E-state index in [4.69, 9.17) is 4.74 Å². The smallest absolute Gasteiger partial charge is 0.302 e. The van der Waals surface area contributed by atoms with E-state index >= 15 is 0 Å². The molecular weight excluding hydrogens is 176 g/mol. The lowest BCUT2D eigenvalue weighted by atomic mass is 10.1. The minimum absolute atomic E-state index is 0.242. The van der Waals surface area contributed by atoms with Crippen LogP contribution >= 0.6 is 0 Å². The lowest BCUT2D eigenvalue weighted by molar-refractivity contribution is -0.139. The first-order valence-corrected chi connectivity index (χ1v) is 4.65. The molecular formula is C12H18O2. The lowest BCUT2D eigenvalue weighted by Crippen LogP contribution is -2.01. The second-order valence-corrected chi connectivity index (χ2v) is 3.23. The first kappa shape index (κ1) is 12.7. The fraction of sp³-hybridized carbons (Fsp3) is 0.417. The third-order valence-electron chi connectivity index (χ3n) is 1.75. The summed E-state index contributed by atoms with van der Waals surface area (Å²) in [6.45, 7) is 11.2. The molecule has 0 aromatic carbocycles. The summed E-state index contributed by atoms with van der Waals surface area (Å²) in [6.07, 6.45) is 5.63. The zero-order valence-electron chi connectivity index (χ0n) is 9.01. The second kappa shape index (κ2) is 7.13. The van der Waals surface area contributed by atoms with Crippen molar-refractivity contribution in [3.8, 4) is 0 Å². The maximum atomic E-state index is 10.5. The molecule has 0 aromatic rings. The van der Waals surface area contributed by atoms with Crippen molar-refractivity contribution in [2.75, 3.05) is 6.61 Å². The Balaban J connectivity index is 3.71. The Hall–Kier alpha value is -1.31. The van der Waals surface area contributed by atoms with Crippen LogP contribution in [0.5, 0.6) is 0 Å². The third-order valence-corrected chi connectivity index (χ3v) is 1.75. The van der Waals surface area contributed by atoms with Crippen LogP contribution in [0.2, 0.25) is 0 Å². The van der Waals surface area contributed by atoms with E-state index in [1.54, 1.807) is 6.08 Å². The zero-order valence-corrected chi connectivity index (χ0v) is 9.01. The van der Waals surface area contributed by atoms with Crippen LogP contribution in [0.4, 0.5) is 0 Å². The maximum absolute atomic E-state index is 10.5. The molecule has 0 spiro atoms. The van der Waals surface area contributed by atoms with E-state index in [2.05, 4.69) is 19.2 Å². The highest BCUT2D eigenvalue weighted by Crippen LogP contribution is 2.06. The average Bonchev–Trinajstić information content (AvgIpc) is 2.14. The average molecular weight is 194 g/mol. The van der Waals surface area contributed by atoms with Gasteiger partial charge in [0.25, 0.3) is 0 Å². The van der Waals surface area contributed by atoms with Crippen LogP contribution in [-0.2, 0) is 9.53 Å². The Bertz CT molecular complexity index is 249. The Labute approximate surface area is 86.0 Å². The molecule has 0 aliphatic rings. The molecule has 0 N–H and O–H groups in total. The highest BCUT2D eigenvalue weighted by Gasteiger charge is 1.94. The molecule has 0 amide bonds. The normalized spacial score (nSPS) is 10.9. The molecule has 0 aliphatic carbocycles. The van der Waals surface area contributed by atoms with E-state index in [0.29, 0.717) is 6.61 Å². The van der Waals surface area contributed by atoms with Gasteiger partial charge in [0.15, 0.2) is 0 Å². The highest BCUT2D eigenvalue weighted by molar-refractivity contribution is 5.66. The monoisotopic (exact) mass is 194 g/mol. The minimum atomic E-state index is -0.242. The minimum Gasteiger partial charge on any atom is -0.461 e. The van der Waals surface area contributed by atoms with Gasteiger partial charge >= 0.3 is 5.97 Å². The molecule has 2 nitrogen and oxygen atoms in total. The van der Waals surface area contributed by atoms with Crippen molar-refractivity contribution in [3.05, 3.63) is 36.5 Å². The predicted molar refractivity (Wildman–Crippen MR) is 59.0 cm³/mol. The lowest BCUT2D eigenvalue weighted by Gasteiger charge is -2.02. The van der Waals surface area contributed by atoms with Gasteiger partial charge in [-0.3, -0.25) is 4.79 Å². The number of carbonyl (C=O) groups excluding carboxylic acids is 1. The van der Waals surface area contributed by atoms with Crippen LogP contribution in [0.1, 0.15) is 26.7 Å². The number of carbonyl (C=O) groups is 1. The summed E-state index contributed by atoms with van der Waals surface area (Å²) in [5.74, 6) is -0.242. The maximum Gasteiger partial charge on any atom is 0.302 e. The molecule has 0 atom stereocenters. The Morgan fingerprint density at radius 1 is 1.43 bits per heavy atom. The van der Waals surface area contributed by atoms with Gasteiger partial charge in [0.1, 0.15) is 6.61 Å². The molecule has 0 saturated heterocycles. The quantitative estimate of drug-likeness (QED) is 0.369. The number of rotatable bonds is 6. The molecule has 0 saturated carbocycles. The second-order valence-electron chi connectivity index (χ2n) is 3.23. The zero-order chi connectivity index (χ0) is 11.0. The Morgan fingerprint density at radius 3 is 2.57 bits per heavy atom. The first-order valence-electron chi connectivity index (χ1n) is 4.65. The van der Waals surface area contributed by atoms with Crippen molar-refractivity contribution in [3.63, 3.8) is 0 Å². The fourth-order valence-electron chi connectivity index (χ4n) is 0.880. The van der Waals surface area contributed by atoms with Crippen LogP contribution in [0, 0.1) is 0 Å². The molecule has 0 heterocycles. The number of hydrogen-bond acceptors (Lipinski definition) is 2. The van der Waals surface area contributed by atoms with Crippen molar-refractivity contribution in [2.45, 2.75) is 26.7 Å². The predicted octanol–water partition coefficient (Wildman–Crippen LogP) is 3.02. The SMILES string of the molecule is C=CC(=C)CC/C=C(/C)COC(C)=O. The fourth-order valence-corrected chi connectivity index (χ4v) is 0.880. The van der Waals surface area contributed by atoms with Gasteiger partial charge in [0, 0.05) is 6.92 Å². The number of allylic oxidation sites excluding steroid dienone is 3. The molecule has 2 heteroatoms. The molecule has 0 aromatic heterocycles. The summed E-state index contributed by atoms with van der Waals surface area (Å²) >= 11 is 0. The Kier molecular flexibility index (Phi) is 6.46. The van der Waals surface area contributed by atoms with Crippen LogP contribution < -0.4 is 0 Å². The third kappa shape index (κ3) is 7.35. The van der Waals surface area contributed by atoms with Crippen molar-refractivity contribution >= 4 is 5.97 Å². The van der Waals surface area contributed by atoms with Gasteiger partial charge in [-0.2, -0.15) is 0 Å². The van der Waals surface area contributed by atoms with E-state index in [0.717, 1.165) is 24.0 Å². The van der Waals surface area contributed by atoms with Crippen molar-refractivity contribution in [2.24, 2.45) is 0 Å². The summed E-state index contributed by atoms with van der Waals surface area (Å²) in [5.41, 5.74) is 2.10. The summed E-state index contributed by atoms with van der Waals surface area (Å²) < 4.78 is 4.84. The van der Waals surface area contributed by atoms with Crippen LogP contribution in [0.25, 0.3) is 0 Å². The van der Waals surface area contributed by atoms with Crippen molar-refractivity contribution < 1.29 is 9.53 Å². The number of ether oxygens (including phenoxy) is 1. The molecule has 0 fully saturated rings. The summed E-state index contributed by atoms with van der Waals surface area (Å²) in [7, 11) is 0. The van der Waals surface area contributed by atoms with Gasteiger partial charge in [-0.25, -0.2) is 0 Å². The van der Waals surface area contributed by atoms with Gasteiger partial charge in [0.05, 0.1) is 0 Å². The Morgan fingerprint density at radius 2 is 2.07 bits per heavy atom. The molecule has 14 heavy (non-hydrogen) atoms. The topological polar surface area (TPSA) is 26.3 Å². The summed E-state index contributed by atoms with van der Waals surface area (Å²) in [5, 5.41) is 0. The van der Waals surface area contributed by atoms with Crippen LogP contribution in [0.3, 0.4) is 0 Å². The number of esters is 1. The van der Waals surface area contributed by atoms with E-state index < -0.39 is 0 Å². The molecule has 0 unspecified atom stereocenters. The van der Waals surface area contributed by atoms with E-state index in [-0.39, 0.29) is 5.97 Å². The van der Waals surface area contributed by atoms with Gasteiger partial charge < -0.3 is 4.74 Å². The van der Waals surface area contributed by atoms with Gasteiger partial charge in [-0.05, 0) is 25.3 Å². The van der Waals surface area contributed by atoms with E-state index in [9.17, 15) is 4.79 Å². The highest BCUT2D eigenvalue weighted by atomic mass is 16.5. The molecule has 0 bridgehead atoms. The van der Waals surface area contributed by atoms with Gasteiger partial charge in [0.2, 0.25) is 0 Å². The van der Waals surface area contributed by atoms with Crippen LogP contribution in [0.15, 0.2) is 36.5 Å². The van der Waals surface area contributed by atoms with Crippen molar-refractivity contribution in [1.82, 2.24) is 0 Å². The van der Waals surface area contributed by atoms with Crippen molar-refractivity contribution in [1.29, 1.82) is 0 Å². The van der Waals surface area contributed by atoms with Gasteiger partial charge in [-0.15, -0.1) is 0 Å². The molecule has 78 valence electrons. The first-order chi connectivity index (χ1) is 6.56. The molecule has 0 radical (unpaired) electrons. The summed E-state index contributed by atoms with van der Waals surface area (Å²) in [4.78, 5) is 10.5. The van der Waals surface area contributed by atoms with Crippen LogP contribution in [-0.4, -0.2) is 12.6 Å². The van der Waals surface area contributed by atoms with E-state index in [1.807, 2.05) is 6.92 Å².